The van der Waals surface area contributed by atoms with Crippen molar-refractivity contribution in [2.45, 2.75) is 32.7 Å². The quantitative estimate of drug-likeness (QED) is 0.793. The van der Waals surface area contributed by atoms with E-state index in [1.54, 1.807) is 31.2 Å². The fourth-order valence-electron chi connectivity index (χ4n) is 2.86. The number of carboxylic acids is 1. The van der Waals surface area contributed by atoms with Crippen LogP contribution in [0, 0.1) is 5.92 Å². The maximum Gasteiger partial charge on any atom is 0.307 e. The van der Waals surface area contributed by atoms with Crippen LogP contribution in [0.4, 0.5) is 5.69 Å². The summed E-state index contributed by atoms with van der Waals surface area (Å²) in [6.45, 7) is 4.29. The number of para-hydroxylation sites is 1. The minimum absolute atomic E-state index is 0. The smallest absolute Gasteiger partial charge is 0.307 e. The first kappa shape index (κ1) is 20.1. The number of piperidine rings is 1. The first-order chi connectivity index (χ1) is 10.9. The zero-order chi connectivity index (χ0) is 17.0. The van der Waals surface area contributed by atoms with Gasteiger partial charge in [-0.3, -0.25) is 19.3 Å². The molecule has 0 radical (unpaired) electrons. The van der Waals surface area contributed by atoms with E-state index in [0.29, 0.717) is 30.8 Å². The summed E-state index contributed by atoms with van der Waals surface area (Å²) in [5, 5.41) is 11.9. The summed E-state index contributed by atoms with van der Waals surface area (Å²) < 4.78 is 0. The number of halogens is 1. The van der Waals surface area contributed by atoms with E-state index in [0.717, 1.165) is 6.42 Å². The normalized spacial score (nSPS) is 19.0. The van der Waals surface area contributed by atoms with Crippen LogP contribution in [0.5, 0.6) is 0 Å². The summed E-state index contributed by atoms with van der Waals surface area (Å²) >= 11 is 0. The molecule has 2 atom stereocenters. The monoisotopic (exact) mass is 354 g/mol. The molecule has 0 saturated carbocycles. The van der Waals surface area contributed by atoms with Crippen LogP contribution < -0.4 is 5.32 Å². The molecule has 0 spiro atoms. The number of benzene rings is 1. The molecule has 1 aliphatic heterocycles. The van der Waals surface area contributed by atoms with Gasteiger partial charge in [0.05, 0.1) is 17.6 Å². The van der Waals surface area contributed by atoms with Crippen molar-refractivity contribution < 1.29 is 19.5 Å². The van der Waals surface area contributed by atoms with Gasteiger partial charge in [-0.05, 0) is 45.4 Å². The lowest BCUT2D eigenvalue weighted by molar-refractivity contribution is -0.144. The average molecular weight is 355 g/mol. The van der Waals surface area contributed by atoms with Crippen LogP contribution in [-0.4, -0.2) is 46.8 Å². The molecular weight excluding hydrogens is 332 g/mol. The molecule has 24 heavy (non-hydrogen) atoms. The zero-order valence-corrected chi connectivity index (χ0v) is 14.6. The van der Waals surface area contributed by atoms with E-state index < -0.39 is 17.9 Å². The molecule has 7 heteroatoms. The molecule has 1 heterocycles. The van der Waals surface area contributed by atoms with E-state index in [2.05, 4.69) is 5.32 Å². The number of anilines is 1. The lowest BCUT2D eigenvalue weighted by atomic mass is 9.97. The summed E-state index contributed by atoms with van der Waals surface area (Å²) in [6, 6.07) is 6.42. The molecule has 0 bridgehead atoms. The fourth-order valence-corrected chi connectivity index (χ4v) is 2.86. The molecule has 1 fully saturated rings. The van der Waals surface area contributed by atoms with E-state index in [4.69, 9.17) is 5.11 Å². The van der Waals surface area contributed by atoms with E-state index in [9.17, 15) is 14.4 Å². The summed E-state index contributed by atoms with van der Waals surface area (Å²) in [6.07, 6.45) is 1.41. The molecule has 2 N–H and O–H groups in total. The zero-order valence-electron chi connectivity index (χ0n) is 13.8. The van der Waals surface area contributed by atoms with Crippen molar-refractivity contribution in [3.05, 3.63) is 29.8 Å². The molecule has 1 amide bonds. The summed E-state index contributed by atoms with van der Waals surface area (Å²) in [4.78, 5) is 37.1. The predicted molar refractivity (Wildman–Crippen MR) is 93.7 cm³/mol. The van der Waals surface area contributed by atoms with Crippen molar-refractivity contribution in [2.24, 2.45) is 5.92 Å². The lowest BCUT2D eigenvalue weighted by Crippen LogP contribution is -2.48. The number of amides is 1. The van der Waals surface area contributed by atoms with Gasteiger partial charge in [0.1, 0.15) is 0 Å². The largest absolute Gasteiger partial charge is 0.481 e. The topological polar surface area (TPSA) is 86.7 Å². The number of hydrogen-bond donors (Lipinski definition) is 2. The molecule has 2 unspecified atom stereocenters. The van der Waals surface area contributed by atoms with Gasteiger partial charge in [0.15, 0.2) is 5.78 Å². The van der Waals surface area contributed by atoms with Crippen molar-refractivity contribution >= 4 is 35.8 Å². The molecule has 0 aromatic heterocycles. The van der Waals surface area contributed by atoms with Gasteiger partial charge in [-0.1, -0.05) is 12.1 Å². The Morgan fingerprint density at radius 1 is 1.29 bits per heavy atom. The highest BCUT2D eigenvalue weighted by Crippen LogP contribution is 2.20. The average Bonchev–Trinajstić information content (AvgIpc) is 2.54. The number of Topliss-reactive ketones (excluding diaryl/α,β-unsaturated/α-hetero) is 1. The van der Waals surface area contributed by atoms with Gasteiger partial charge in [-0.15, -0.1) is 12.4 Å². The third kappa shape index (κ3) is 4.79. The van der Waals surface area contributed by atoms with Gasteiger partial charge in [0.2, 0.25) is 5.91 Å². The second kappa shape index (κ2) is 8.80. The van der Waals surface area contributed by atoms with Crippen LogP contribution >= 0.6 is 12.4 Å². The Hall–Kier alpha value is -1.92. The molecule has 1 aromatic carbocycles. The van der Waals surface area contributed by atoms with Gasteiger partial charge in [0, 0.05) is 12.1 Å². The maximum atomic E-state index is 12.5. The van der Waals surface area contributed by atoms with Crippen LogP contribution in [0.15, 0.2) is 24.3 Å². The Balaban J connectivity index is 0.00000288. The Kier molecular flexibility index (Phi) is 7.38. The van der Waals surface area contributed by atoms with Gasteiger partial charge < -0.3 is 10.4 Å². The number of carbonyl (C=O) groups is 3. The van der Waals surface area contributed by atoms with E-state index in [1.165, 1.54) is 6.92 Å². The van der Waals surface area contributed by atoms with Gasteiger partial charge >= 0.3 is 5.97 Å². The number of carboxylic acid groups (broad SMARTS) is 1. The Labute approximate surface area is 147 Å². The number of ketones is 1. The first-order valence-corrected chi connectivity index (χ1v) is 7.78. The van der Waals surface area contributed by atoms with Crippen LogP contribution in [-0.2, 0) is 9.59 Å². The van der Waals surface area contributed by atoms with Gasteiger partial charge in [-0.25, -0.2) is 0 Å². The molecule has 2 rings (SSSR count). The number of aliphatic carboxylic acids is 1. The molecule has 1 saturated heterocycles. The van der Waals surface area contributed by atoms with Crippen molar-refractivity contribution in [1.29, 1.82) is 0 Å². The molecule has 0 aliphatic carbocycles. The standard InChI is InChI=1S/C17H22N2O4.ClH/c1-11(19-9-5-6-13(10-19)17(22)23)16(21)18-15-8-4-3-7-14(15)12(2)20;/h3-4,7-8,11,13H,5-6,9-10H2,1-2H3,(H,18,21)(H,22,23);1H. The summed E-state index contributed by atoms with van der Waals surface area (Å²) in [5.41, 5.74) is 0.957. The highest BCUT2D eigenvalue weighted by Gasteiger charge is 2.30. The molecule has 1 aromatic rings. The van der Waals surface area contributed by atoms with E-state index in [1.807, 2.05) is 4.90 Å². The van der Waals surface area contributed by atoms with Gasteiger partial charge in [0.25, 0.3) is 0 Å². The third-order valence-corrected chi connectivity index (χ3v) is 4.29. The minimum Gasteiger partial charge on any atom is -0.481 e. The van der Waals surface area contributed by atoms with Crippen LogP contribution in [0.25, 0.3) is 0 Å². The molecule has 132 valence electrons. The maximum absolute atomic E-state index is 12.5. The SMILES string of the molecule is CC(=O)c1ccccc1NC(=O)C(C)N1CCCC(C(=O)O)C1.Cl. The lowest BCUT2D eigenvalue weighted by Gasteiger charge is -2.34. The summed E-state index contributed by atoms with van der Waals surface area (Å²) in [7, 11) is 0. The van der Waals surface area contributed by atoms with Gasteiger partial charge in [-0.2, -0.15) is 0 Å². The number of nitrogens with zero attached hydrogens (tertiary/aromatic N) is 1. The van der Waals surface area contributed by atoms with Crippen LogP contribution in [0.2, 0.25) is 0 Å². The van der Waals surface area contributed by atoms with E-state index >= 15 is 0 Å². The molecular formula is C17H23ClN2O4. The molecule has 6 nitrogen and oxygen atoms in total. The highest BCUT2D eigenvalue weighted by molar-refractivity contribution is 6.04. The predicted octanol–water partition coefficient (Wildman–Crippen LogP) is 2.43. The minimum atomic E-state index is -0.816. The molecule has 1 aliphatic rings. The third-order valence-electron chi connectivity index (χ3n) is 4.29. The van der Waals surface area contributed by atoms with Crippen LogP contribution in [0.1, 0.15) is 37.0 Å². The number of hydrogen-bond acceptors (Lipinski definition) is 4. The van der Waals surface area contributed by atoms with Crippen molar-refractivity contribution in [1.82, 2.24) is 4.90 Å². The Morgan fingerprint density at radius 3 is 2.58 bits per heavy atom. The number of carbonyl (C=O) groups excluding carboxylic acids is 2. The number of rotatable bonds is 5. The fraction of sp³-hybridized carbons (Fsp3) is 0.471. The second-order valence-electron chi connectivity index (χ2n) is 5.94. The second-order valence-corrected chi connectivity index (χ2v) is 5.94. The number of likely N-dealkylation sites (tertiary alicyclic amines) is 1. The Bertz CT molecular complexity index is 620. The first-order valence-electron chi connectivity index (χ1n) is 7.78. The van der Waals surface area contributed by atoms with Crippen molar-refractivity contribution in [3.63, 3.8) is 0 Å². The summed E-state index contributed by atoms with van der Waals surface area (Å²) in [5.74, 6) is -1.59. The van der Waals surface area contributed by atoms with Crippen LogP contribution in [0.3, 0.4) is 0 Å². The highest BCUT2D eigenvalue weighted by atomic mass is 35.5. The van der Waals surface area contributed by atoms with Crippen molar-refractivity contribution in [2.75, 3.05) is 18.4 Å². The van der Waals surface area contributed by atoms with Crippen molar-refractivity contribution in [3.8, 4) is 0 Å². The van der Waals surface area contributed by atoms with E-state index in [-0.39, 0.29) is 24.1 Å². The Morgan fingerprint density at radius 2 is 1.96 bits per heavy atom. The number of nitrogens with one attached hydrogen (secondary N) is 1.